The van der Waals surface area contributed by atoms with Gasteiger partial charge >= 0.3 is 12.1 Å². The van der Waals surface area contributed by atoms with Crippen LogP contribution < -0.4 is 0 Å². The van der Waals surface area contributed by atoms with E-state index >= 15 is 0 Å². The number of carbonyl (C=O) groups is 4. The number of ether oxygens (including phenoxy) is 1. The van der Waals surface area contributed by atoms with Gasteiger partial charge in [0.15, 0.2) is 0 Å². The van der Waals surface area contributed by atoms with Crippen molar-refractivity contribution in [3.05, 3.63) is 59.7 Å². The van der Waals surface area contributed by atoms with Crippen molar-refractivity contribution in [3.63, 3.8) is 0 Å². The summed E-state index contributed by atoms with van der Waals surface area (Å²) in [4.78, 5) is 58.0. The molecule has 9 nitrogen and oxygen atoms in total. The predicted molar refractivity (Wildman–Crippen MR) is 172 cm³/mol. The maximum atomic E-state index is 14.6. The van der Waals surface area contributed by atoms with Crippen LogP contribution in [0.4, 0.5) is 4.79 Å². The molecule has 1 N–H and O–H groups in total. The maximum Gasteiger partial charge on any atom is 0.410 e. The van der Waals surface area contributed by atoms with Crippen LogP contribution >= 0.6 is 0 Å². The number of carbonyl (C=O) groups excluding carboxylic acids is 3. The standard InChI is InChI=1S/C36H47N3O6/c1-37(2)34(42)31(22-32(40)41)39(21-20-24-12-4-5-13-24)35(43)33(25-14-6-7-15-25)38(3)36(44)45-23-30-28-18-10-8-16-26(28)27-17-9-11-19-29(27)30/h8-11,16-19,24-25,30-31,33H,4-7,12-15,20-23H2,1-3H3,(H,40,41)/t31-,33-/m0/s1. The van der Waals surface area contributed by atoms with Crippen molar-refractivity contribution in [1.29, 1.82) is 0 Å². The van der Waals surface area contributed by atoms with E-state index in [4.69, 9.17) is 4.74 Å². The predicted octanol–water partition coefficient (Wildman–Crippen LogP) is 5.77. The maximum absolute atomic E-state index is 14.6. The lowest BCUT2D eigenvalue weighted by atomic mass is 9.94. The Morgan fingerprint density at radius 2 is 1.38 bits per heavy atom. The van der Waals surface area contributed by atoms with Crippen LogP contribution in [0.5, 0.6) is 0 Å². The zero-order chi connectivity index (χ0) is 32.1. The topological polar surface area (TPSA) is 107 Å². The monoisotopic (exact) mass is 617 g/mol. The molecule has 2 atom stereocenters. The summed E-state index contributed by atoms with van der Waals surface area (Å²) in [6.07, 6.45) is 7.50. The number of rotatable bonds is 12. The molecule has 0 radical (unpaired) electrons. The highest BCUT2D eigenvalue weighted by Gasteiger charge is 2.43. The lowest BCUT2D eigenvalue weighted by molar-refractivity contribution is -0.152. The van der Waals surface area contributed by atoms with E-state index in [0.29, 0.717) is 12.3 Å². The third-order valence-electron chi connectivity index (χ3n) is 10.1. The van der Waals surface area contributed by atoms with Gasteiger partial charge in [0.05, 0.1) is 6.42 Å². The number of amides is 3. The molecule has 9 heteroatoms. The van der Waals surface area contributed by atoms with Crippen LogP contribution in [0.15, 0.2) is 48.5 Å². The molecule has 0 bridgehead atoms. The van der Waals surface area contributed by atoms with Crippen molar-refractivity contribution in [2.45, 2.75) is 82.2 Å². The summed E-state index contributed by atoms with van der Waals surface area (Å²) in [5.41, 5.74) is 4.48. The zero-order valence-corrected chi connectivity index (χ0v) is 26.8. The minimum absolute atomic E-state index is 0.100. The number of benzene rings is 2. The smallest absolute Gasteiger partial charge is 0.410 e. The van der Waals surface area contributed by atoms with Crippen LogP contribution in [0.3, 0.4) is 0 Å². The van der Waals surface area contributed by atoms with Gasteiger partial charge in [-0.1, -0.05) is 87.1 Å². The highest BCUT2D eigenvalue weighted by atomic mass is 16.6. The molecule has 2 aromatic rings. The van der Waals surface area contributed by atoms with Gasteiger partial charge < -0.3 is 19.6 Å². The summed E-state index contributed by atoms with van der Waals surface area (Å²) in [6, 6.07) is 14.3. The Balaban J connectivity index is 1.39. The Bertz CT molecular complexity index is 1330. The molecule has 2 fully saturated rings. The number of carboxylic acid groups (broad SMARTS) is 1. The Labute approximate surface area is 266 Å². The van der Waals surface area contributed by atoms with E-state index in [-0.39, 0.29) is 30.9 Å². The van der Waals surface area contributed by atoms with E-state index in [0.717, 1.165) is 73.6 Å². The highest BCUT2D eigenvalue weighted by molar-refractivity contribution is 5.93. The van der Waals surface area contributed by atoms with Crippen LogP contribution in [0.25, 0.3) is 11.1 Å². The second kappa shape index (κ2) is 14.5. The van der Waals surface area contributed by atoms with Gasteiger partial charge in [-0.3, -0.25) is 19.3 Å². The van der Waals surface area contributed by atoms with Gasteiger partial charge in [0, 0.05) is 33.6 Å². The fraction of sp³-hybridized carbons (Fsp3) is 0.556. The molecule has 0 spiro atoms. The van der Waals surface area contributed by atoms with Crippen molar-refractivity contribution < 1.29 is 29.0 Å². The van der Waals surface area contributed by atoms with E-state index in [2.05, 4.69) is 24.3 Å². The fourth-order valence-corrected chi connectivity index (χ4v) is 7.77. The van der Waals surface area contributed by atoms with E-state index in [9.17, 15) is 24.3 Å². The summed E-state index contributed by atoms with van der Waals surface area (Å²) < 4.78 is 5.97. The molecular weight excluding hydrogens is 570 g/mol. The highest BCUT2D eigenvalue weighted by Crippen LogP contribution is 2.44. The third-order valence-corrected chi connectivity index (χ3v) is 10.1. The largest absolute Gasteiger partial charge is 0.481 e. The van der Waals surface area contributed by atoms with Crippen LogP contribution in [-0.4, -0.2) is 90.1 Å². The number of likely N-dealkylation sites (N-methyl/N-ethyl adjacent to an activating group) is 2. The number of nitrogens with zero attached hydrogens (tertiary/aromatic N) is 3. The minimum Gasteiger partial charge on any atom is -0.481 e. The Morgan fingerprint density at radius 1 is 0.822 bits per heavy atom. The van der Waals surface area contributed by atoms with Crippen molar-refractivity contribution in [2.24, 2.45) is 11.8 Å². The van der Waals surface area contributed by atoms with Gasteiger partial charge in [0.2, 0.25) is 11.8 Å². The minimum atomic E-state index is -1.15. The zero-order valence-electron chi connectivity index (χ0n) is 26.8. The molecule has 5 rings (SSSR count). The van der Waals surface area contributed by atoms with Gasteiger partial charge in [-0.25, -0.2) is 4.79 Å². The SMILES string of the molecule is CN(C)C(=O)[C@H](CC(=O)O)N(CCC1CCCC1)C(=O)[C@H](C1CCCC1)N(C)C(=O)OCC1c2ccccc2-c2ccccc21. The van der Waals surface area contributed by atoms with Gasteiger partial charge in [-0.15, -0.1) is 0 Å². The molecule has 242 valence electrons. The molecule has 2 saturated carbocycles. The number of aliphatic carboxylic acids is 1. The summed E-state index contributed by atoms with van der Waals surface area (Å²) in [5.74, 6) is -1.71. The molecular formula is C36H47N3O6. The Hall–Kier alpha value is -3.88. The van der Waals surface area contributed by atoms with Gasteiger partial charge in [-0.2, -0.15) is 0 Å². The van der Waals surface area contributed by atoms with Crippen LogP contribution in [0.1, 0.15) is 81.3 Å². The average molecular weight is 618 g/mol. The molecule has 3 aliphatic carbocycles. The van der Waals surface area contributed by atoms with Gasteiger partial charge in [0.25, 0.3) is 0 Å². The summed E-state index contributed by atoms with van der Waals surface area (Å²) in [7, 11) is 4.76. The summed E-state index contributed by atoms with van der Waals surface area (Å²) >= 11 is 0. The summed E-state index contributed by atoms with van der Waals surface area (Å²) in [5, 5.41) is 9.79. The lowest BCUT2D eigenvalue weighted by Gasteiger charge is -2.39. The van der Waals surface area contributed by atoms with Crippen LogP contribution in [0, 0.1) is 11.8 Å². The Morgan fingerprint density at radius 3 is 1.93 bits per heavy atom. The van der Waals surface area contributed by atoms with Crippen molar-refractivity contribution >= 4 is 23.9 Å². The Kier molecular flexibility index (Phi) is 10.5. The van der Waals surface area contributed by atoms with Gasteiger partial charge in [0.1, 0.15) is 18.7 Å². The second-order valence-electron chi connectivity index (χ2n) is 13.2. The molecule has 0 saturated heterocycles. The molecule has 0 aliphatic heterocycles. The first kappa shape index (κ1) is 32.5. The number of hydrogen-bond acceptors (Lipinski definition) is 5. The molecule has 45 heavy (non-hydrogen) atoms. The average Bonchev–Trinajstić information content (AvgIpc) is 3.81. The van der Waals surface area contributed by atoms with E-state index in [1.165, 1.54) is 14.7 Å². The number of carboxylic acids is 1. The molecule has 2 aromatic carbocycles. The normalized spacial score (nSPS) is 17.8. The van der Waals surface area contributed by atoms with Crippen LogP contribution in [0.2, 0.25) is 0 Å². The number of fused-ring (bicyclic) bond motifs is 3. The van der Waals surface area contributed by atoms with Crippen molar-refractivity contribution in [3.8, 4) is 11.1 Å². The van der Waals surface area contributed by atoms with E-state index in [1.807, 2.05) is 24.3 Å². The molecule has 3 aliphatic rings. The lowest BCUT2D eigenvalue weighted by Crippen LogP contribution is -2.58. The first-order chi connectivity index (χ1) is 21.7. The van der Waals surface area contributed by atoms with E-state index in [1.54, 1.807) is 21.1 Å². The first-order valence-corrected chi connectivity index (χ1v) is 16.5. The number of hydrogen-bond donors (Lipinski definition) is 1. The molecule has 3 amide bonds. The first-order valence-electron chi connectivity index (χ1n) is 16.5. The van der Waals surface area contributed by atoms with Crippen molar-refractivity contribution in [2.75, 3.05) is 34.3 Å². The van der Waals surface area contributed by atoms with E-state index < -0.39 is 36.5 Å². The quantitative estimate of drug-likeness (QED) is 0.324. The molecule has 0 heterocycles. The van der Waals surface area contributed by atoms with Crippen LogP contribution in [-0.2, 0) is 19.1 Å². The van der Waals surface area contributed by atoms with Crippen molar-refractivity contribution in [1.82, 2.24) is 14.7 Å². The van der Waals surface area contributed by atoms with Gasteiger partial charge in [-0.05, 0) is 53.4 Å². The summed E-state index contributed by atoms with van der Waals surface area (Å²) in [6.45, 7) is 0.414. The molecule has 0 aromatic heterocycles. The fourth-order valence-electron chi connectivity index (χ4n) is 7.77. The second-order valence-corrected chi connectivity index (χ2v) is 13.2. The third kappa shape index (κ3) is 7.18. The molecule has 0 unspecified atom stereocenters.